The van der Waals surface area contributed by atoms with Gasteiger partial charge in [0, 0.05) is 0 Å². The van der Waals surface area contributed by atoms with Crippen LogP contribution in [-0.2, 0) is 19.5 Å². The summed E-state index contributed by atoms with van der Waals surface area (Å²) < 4.78 is 4.30. The minimum atomic E-state index is -2.23. The molecule has 3 nitrogen and oxygen atoms in total. The van der Waals surface area contributed by atoms with Crippen LogP contribution in [0.4, 0.5) is 0 Å². The van der Waals surface area contributed by atoms with Gasteiger partial charge in [0.25, 0.3) is 0 Å². The van der Waals surface area contributed by atoms with Crippen molar-refractivity contribution in [3.05, 3.63) is 30.3 Å². The number of hydrogen-bond acceptors (Lipinski definition) is 3. The molecular weight excluding hydrogens is 196 g/mol. The van der Waals surface area contributed by atoms with Gasteiger partial charge in [-0.05, 0) is 12.1 Å². The van der Waals surface area contributed by atoms with E-state index in [1.165, 1.54) is 0 Å². The van der Waals surface area contributed by atoms with Gasteiger partial charge in [-0.3, -0.25) is 0 Å². The van der Waals surface area contributed by atoms with E-state index >= 15 is 0 Å². The Morgan fingerprint density at radius 2 is 1.64 bits per heavy atom. The molecule has 0 heterocycles. The van der Waals surface area contributed by atoms with E-state index in [1.54, 1.807) is 30.3 Å². The van der Waals surface area contributed by atoms with E-state index in [0.717, 1.165) is 0 Å². The van der Waals surface area contributed by atoms with Crippen molar-refractivity contribution in [3.63, 3.8) is 0 Å². The SMILES string of the molecule is [O-]B([O-])Oc1ccccc1.[Zn+2]. The van der Waals surface area contributed by atoms with Gasteiger partial charge in [-0.15, -0.1) is 0 Å². The van der Waals surface area contributed by atoms with Crippen LogP contribution < -0.4 is 14.7 Å². The quantitative estimate of drug-likeness (QED) is 0.563. The molecule has 0 N–H and O–H groups in total. The van der Waals surface area contributed by atoms with E-state index in [1.807, 2.05) is 0 Å². The molecule has 0 bridgehead atoms. The Hall–Kier alpha value is -0.372. The molecule has 1 aromatic carbocycles. The molecule has 0 unspecified atom stereocenters. The number of benzene rings is 1. The van der Waals surface area contributed by atoms with Gasteiger partial charge >= 0.3 is 19.5 Å². The van der Waals surface area contributed by atoms with Crippen molar-refractivity contribution in [2.75, 3.05) is 0 Å². The molecule has 0 amide bonds. The van der Waals surface area contributed by atoms with E-state index < -0.39 is 7.32 Å². The summed E-state index contributed by atoms with van der Waals surface area (Å²) in [6.07, 6.45) is 0. The molecule has 0 aromatic heterocycles. The fourth-order valence-electron chi connectivity index (χ4n) is 0.610. The molecule has 0 aliphatic rings. The van der Waals surface area contributed by atoms with Crippen LogP contribution in [0.1, 0.15) is 0 Å². The molecule has 0 spiro atoms. The third kappa shape index (κ3) is 4.14. The van der Waals surface area contributed by atoms with Gasteiger partial charge in [-0.25, -0.2) is 0 Å². The fraction of sp³-hybridized carbons (Fsp3) is 0. The summed E-state index contributed by atoms with van der Waals surface area (Å²) in [5.41, 5.74) is 0. The minimum absolute atomic E-state index is 0. The summed E-state index contributed by atoms with van der Waals surface area (Å²) in [5.74, 6) is 0.317. The van der Waals surface area contributed by atoms with Crippen molar-refractivity contribution in [3.8, 4) is 5.75 Å². The molecule has 0 aliphatic carbocycles. The molecule has 11 heavy (non-hydrogen) atoms. The molecule has 0 fully saturated rings. The maximum absolute atomic E-state index is 9.92. The second-order valence-electron chi connectivity index (χ2n) is 1.72. The maximum atomic E-state index is 9.92. The van der Waals surface area contributed by atoms with Gasteiger partial charge in [0.05, 0.1) is 5.75 Å². The zero-order chi connectivity index (χ0) is 7.40. The summed E-state index contributed by atoms with van der Waals surface area (Å²) >= 11 is 0. The Morgan fingerprint density at radius 1 is 1.09 bits per heavy atom. The molecule has 0 atom stereocenters. The van der Waals surface area contributed by atoms with Crippen LogP contribution in [0.15, 0.2) is 30.3 Å². The fourth-order valence-corrected chi connectivity index (χ4v) is 0.610. The van der Waals surface area contributed by atoms with Crippen molar-refractivity contribution in [1.29, 1.82) is 0 Å². The predicted octanol–water partition coefficient (Wildman–Crippen LogP) is -1.23. The Kier molecular flexibility index (Phi) is 5.12. The van der Waals surface area contributed by atoms with E-state index in [-0.39, 0.29) is 19.5 Å². The van der Waals surface area contributed by atoms with Gasteiger partial charge < -0.3 is 14.7 Å². The van der Waals surface area contributed by atoms with Gasteiger partial charge in [0.15, 0.2) is 0 Å². The van der Waals surface area contributed by atoms with E-state index in [9.17, 15) is 10.0 Å². The average molecular weight is 201 g/mol. The Morgan fingerprint density at radius 3 is 2.09 bits per heavy atom. The first-order chi connectivity index (χ1) is 4.79. The second kappa shape index (κ2) is 5.30. The first kappa shape index (κ1) is 10.6. The summed E-state index contributed by atoms with van der Waals surface area (Å²) in [5, 5.41) is 19.8. The monoisotopic (exact) mass is 200 g/mol. The van der Waals surface area contributed by atoms with Crippen LogP contribution in [0.2, 0.25) is 0 Å². The van der Waals surface area contributed by atoms with Crippen LogP contribution >= 0.6 is 0 Å². The normalized spacial score (nSPS) is 8.18. The van der Waals surface area contributed by atoms with Gasteiger partial charge in [-0.1, -0.05) is 18.2 Å². The van der Waals surface area contributed by atoms with Crippen LogP contribution in [0.5, 0.6) is 5.75 Å². The molecule has 0 saturated heterocycles. The van der Waals surface area contributed by atoms with E-state index in [0.29, 0.717) is 5.75 Å². The van der Waals surface area contributed by atoms with Crippen LogP contribution in [0, 0.1) is 0 Å². The van der Waals surface area contributed by atoms with Crippen molar-refractivity contribution in [1.82, 2.24) is 0 Å². The summed E-state index contributed by atoms with van der Waals surface area (Å²) in [6.45, 7) is 0. The van der Waals surface area contributed by atoms with Gasteiger partial charge in [0.2, 0.25) is 0 Å². The smallest absolute Gasteiger partial charge is 0.860 e. The Balaban J connectivity index is 0.000001000. The predicted molar refractivity (Wildman–Crippen MR) is 32.8 cm³/mol. The minimum Gasteiger partial charge on any atom is -0.860 e. The second-order valence-corrected chi connectivity index (χ2v) is 1.72. The topological polar surface area (TPSA) is 55.3 Å². The molecular formula is C6H5BO3Zn. The maximum Gasteiger partial charge on any atom is 2.00 e. The van der Waals surface area contributed by atoms with Crippen molar-refractivity contribution in [2.24, 2.45) is 0 Å². The van der Waals surface area contributed by atoms with Gasteiger partial charge in [-0.2, -0.15) is 0 Å². The molecule has 0 radical (unpaired) electrons. The van der Waals surface area contributed by atoms with Gasteiger partial charge in [0.1, 0.15) is 7.32 Å². The number of rotatable bonds is 2. The summed E-state index contributed by atoms with van der Waals surface area (Å²) in [6, 6.07) is 8.28. The number of hydrogen-bond donors (Lipinski definition) is 0. The van der Waals surface area contributed by atoms with Crippen molar-refractivity contribution in [2.45, 2.75) is 0 Å². The Labute approximate surface area is 77.9 Å². The molecule has 52 valence electrons. The first-order valence-corrected chi connectivity index (χ1v) is 2.82. The van der Waals surface area contributed by atoms with Crippen molar-refractivity contribution >= 4 is 7.32 Å². The third-order valence-electron chi connectivity index (χ3n) is 0.976. The molecule has 0 saturated carbocycles. The largest absolute Gasteiger partial charge is 2.00 e. The third-order valence-corrected chi connectivity index (χ3v) is 0.976. The first-order valence-electron chi connectivity index (χ1n) is 2.82. The van der Waals surface area contributed by atoms with Crippen LogP contribution in [-0.4, -0.2) is 7.32 Å². The average Bonchev–Trinajstić information content (AvgIpc) is 1.88. The number of para-hydroxylation sites is 1. The summed E-state index contributed by atoms with van der Waals surface area (Å²) in [7, 11) is -2.23. The van der Waals surface area contributed by atoms with Crippen molar-refractivity contribution < 1.29 is 34.2 Å². The molecule has 0 aliphatic heterocycles. The molecule has 1 rings (SSSR count). The molecule has 1 aromatic rings. The standard InChI is InChI=1S/C6H5BO3.Zn/c8-7(9)10-6-4-2-1-3-5-6;/h1-5H;/q-2;+2. The van der Waals surface area contributed by atoms with Crippen LogP contribution in [0.25, 0.3) is 0 Å². The zero-order valence-corrected chi connectivity index (χ0v) is 8.86. The van der Waals surface area contributed by atoms with E-state index in [4.69, 9.17) is 0 Å². The van der Waals surface area contributed by atoms with Crippen LogP contribution in [0.3, 0.4) is 0 Å². The van der Waals surface area contributed by atoms with E-state index in [2.05, 4.69) is 4.65 Å². The Bertz CT molecular complexity index is 192. The summed E-state index contributed by atoms with van der Waals surface area (Å²) in [4.78, 5) is 0. The zero-order valence-electron chi connectivity index (χ0n) is 5.90. The molecule has 5 heteroatoms.